The number of carbonyl (C=O) groups is 2. The molecule has 6 heteroatoms. The standard InChI is InChI=1S/C20H19N3O2S/c1-14-7-5-11-18(21-14)23-19(24)16(13-15-8-3-2-4-9-15)22-20(25)17-10-6-12-26-17/h2-12,16H,13H2,1H3,(H,22,25)(H,21,23,24)/t16-/m0/s1. The van der Waals surface area contributed by atoms with Crippen LogP contribution in [0.3, 0.4) is 0 Å². The molecule has 0 bridgehead atoms. The van der Waals surface area contributed by atoms with Gasteiger partial charge in [0.05, 0.1) is 4.88 Å². The summed E-state index contributed by atoms with van der Waals surface area (Å²) in [6, 6.07) is 17.9. The molecule has 0 aliphatic rings. The van der Waals surface area contributed by atoms with E-state index in [0.717, 1.165) is 11.3 Å². The van der Waals surface area contributed by atoms with Gasteiger partial charge in [0.15, 0.2) is 0 Å². The predicted octanol–water partition coefficient (Wildman–Crippen LogP) is 3.43. The second kappa shape index (κ2) is 8.40. The van der Waals surface area contributed by atoms with Crippen LogP contribution in [0.2, 0.25) is 0 Å². The minimum atomic E-state index is -0.700. The van der Waals surface area contributed by atoms with Gasteiger partial charge in [0.2, 0.25) is 5.91 Å². The van der Waals surface area contributed by atoms with Gasteiger partial charge in [-0.1, -0.05) is 42.5 Å². The summed E-state index contributed by atoms with van der Waals surface area (Å²) in [6.07, 6.45) is 0.398. The molecule has 0 saturated carbocycles. The first-order chi connectivity index (χ1) is 12.6. The summed E-state index contributed by atoms with van der Waals surface area (Å²) in [6.45, 7) is 1.86. The van der Waals surface area contributed by atoms with Crippen molar-refractivity contribution in [2.75, 3.05) is 5.32 Å². The van der Waals surface area contributed by atoms with Gasteiger partial charge in [-0.25, -0.2) is 4.98 Å². The van der Waals surface area contributed by atoms with Crippen LogP contribution < -0.4 is 10.6 Å². The first-order valence-corrected chi connectivity index (χ1v) is 9.12. The molecule has 0 spiro atoms. The lowest BCUT2D eigenvalue weighted by Crippen LogP contribution is -2.45. The van der Waals surface area contributed by atoms with Crippen molar-refractivity contribution in [2.24, 2.45) is 0 Å². The smallest absolute Gasteiger partial charge is 0.262 e. The lowest BCUT2D eigenvalue weighted by molar-refractivity contribution is -0.118. The maximum Gasteiger partial charge on any atom is 0.262 e. The van der Waals surface area contributed by atoms with Crippen molar-refractivity contribution in [1.82, 2.24) is 10.3 Å². The van der Waals surface area contributed by atoms with Crippen LogP contribution in [0.25, 0.3) is 0 Å². The molecule has 0 unspecified atom stereocenters. The van der Waals surface area contributed by atoms with Crippen molar-refractivity contribution >= 4 is 29.0 Å². The summed E-state index contributed by atoms with van der Waals surface area (Å²) in [4.78, 5) is 30.1. The van der Waals surface area contributed by atoms with Crippen LogP contribution in [0.5, 0.6) is 0 Å². The van der Waals surface area contributed by atoms with Gasteiger partial charge >= 0.3 is 0 Å². The number of carbonyl (C=O) groups excluding carboxylic acids is 2. The van der Waals surface area contributed by atoms with E-state index in [2.05, 4.69) is 15.6 Å². The Morgan fingerprint density at radius 1 is 1.04 bits per heavy atom. The number of rotatable bonds is 6. The fourth-order valence-electron chi connectivity index (χ4n) is 2.52. The summed E-state index contributed by atoms with van der Waals surface area (Å²) in [7, 11) is 0. The third-order valence-electron chi connectivity index (χ3n) is 3.79. The Kier molecular flexibility index (Phi) is 5.76. The van der Waals surface area contributed by atoms with Crippen LogP contribution in [0.15, 0.2) is 66.0 Å². The Labute approximate surface area is 156 Å². The van der Waals surface area contributed by atoms with Gasteiger partial charge in [-0.05, 0) is 36.1 Å². The van der Waals surface area contributed by atoms with Crippen molar-refractivity contribution in [1.29, 1.82) is 0 Å². The van der Waals surface area contributed by atoms with Crippen LogP contribution in [0.4, 0.5) is 5.82 Å². The van der Waals surface area contributed by atoms with Crippen LogP contribution in [0.1, 0.15) is 20.9 Å². The molecule has 0 radical (unpaired) electrons. The third kappa shape index (κ3) is 4.77. The average molecular weight is 365 g/mol. The molecule has 5 nitrogen and oxygen atoms in total. The van der Waals surface area contributed by atoms with E-state index in [1.165, 1.54) is 11.3 Å². The Hall–Kier alpha value is -2.99. The fraction of sp³-hybridized carbons (Fsp3) is 0.150. The zero-order valence-corrected chi connectivity index (χ0v) is 15.1. The van der Waals surface area contributed by atoms with Gasteiger partial charge < -0.3 is 10.6 Å². The lowest BCUT2D eigenvalue weighted by atomic mass is 10.1. The molecule has 2 N–H and O–H groups in total. The van der Waals surface area contributed by atoms with E-state index < -0.39 is 6.04 Å². The molecule has 0 aliphatic heterocycles. The lowest BCUT2D eigenvalue weighted by Gasteiger charge is -2.18. The van der Waals surface area contributed by atoms with Gasteiger partial charge in [0.25, 0.3) is 5.91 Å². The second-order valence-corrected chi connectivity index (χ2v) is 6.79. The van der Waals surface area contributed by atoms with Crippen LogP contribution in [-0.4, -0.2) is 22.8 Å². The molecule has 1 atom stereocenters. The van der Waals surface area contributed by atoms with Gasteiger partial charge in [0, 0.05) is 12.1 Å². The van der Waals surface area contributed by atoms with Crippen molar-refractivity contribution in [3.05, 3.63) is 82.2 Å². The summed E-state index contributed by atoms with van der Waals surface area (Å²) < 4.78 is 0. The highest BCUT2D eigenvalue weighted by Gasteiger charge is 2.22. The number of aryl methyl sites for hydroxylation is 1. The minimum Gasteiger partial charge on any atom is -0.339 e. The Morgan fingerprint density at radius 2 is 1.85 bits per heavy atom. The Balaban J connectivity index is 1.77. The molecule has 0 fully saturated rings. The molecule has 1 aromatic carbocycles. The molecule has 0 saturated heterocycles. The molecule has 3 aromatic rings. The van der Waals surface area contributed by atoms with Crippen molar-refractivity contribution in [3.63, 3.8) is 0 Å². The number of anilines is 1. The number of pyridine rings is 1. The normalized spacial score (nSPS) is 11.6. The Bertz CT molecular complexity index is 879. The molecular weight excluding hydrogens is 346 g/mol. The maximum atomic E-state index is 12.8. The highest BCUT2D eigenvalue weighted by Crippen LogP contribution is 2.11. The SMILES string of the molecule is Cc1cccc(NC(=O)[C@H](Cc2ccccc2)NC(=O)c2cccs2)n1. The van der Waals surface area contributed by atoms with E-state index in [1.807, 2.05) is 60.8 Å². The fourth-order valence-corrected chi connectivity index (χ4v) is 3.15. The Morgan fingerprint density at radius 3 is 2.54 bits per heavy atom. The molecule has 3 rings (SSSR count). The zero-order chi connectivity index (χ0) is 18.4. The van der Waals surface area contributed by atoms with Crippen LogP contribution >= 0.6 is 11.3 Å². The third-order valence-corrected chi connectivity index (χ3v) is 4.66. The number of hydrogen-bond donors (Lipinski definition) is 2. The number of hydrogen-bond acceptors (Lipinski definition) is 4. The molecule has 0 aliphatic carbocycles. The molecular formula is C20H19N3O2S. The molecule has 2 heterocycles. The molecule has 2 aromatic heterocycles. The van der Waals surface area contributed by atoms with Crippen molar-refractivity contribution in [3.8, 4) is 0 Å². The number of nitrogens with one attached hydrogen (secondary N) is 2. The molecule has 2 amide bonds. The van der Waals surface area contributed by atoms with E-state index in [4.69, 9.17) is 0 Å². The number of thiophene rings is 1. The topological polar surface area (TPSA) is 71.1 Å². The van der Waals surface area contributed by atoms with Crippen LogP contribution in [-0.2, 0) is 11.2 Å². The zero-order valence-electron chi connectivity index (χ0n) is 14.3. The van der Waals surface area contributed by atoms with Gasteiger partial charge in [0.1, 0.15) is 11.9 Å². The largest absolute Gasteiger partial charge is 0.339 e. The summed E-state index contributed by atoms with van der Waals surface area (Å²) in [5.74, 6) is -0.0800. The molecule has 26 heavy (non-hydrogen) atoms. The number of aromatic nitrogens is 1. The average Bonchev–Trinajstić information content (AvgIpc) is 3.17. The summed E-state index contributed by atoms with van der Waals surface area (Å²) in [5.41, 5.74) is 1.78. The summed E-state index contributed by atoms with van der Waals surface area (Å²) >= 11 is 1.34. The second-order valence-electron chi connectivity index (χ2n) is 5.85. The first-order valence-electron chi connectivity index (χ1n) is 8.24. The van der Waals surface area contributed by atoms with Crippen molar-refractivity contribution in [2.45, 2.75) is 19.4 Å². The summed E-state index contributed by atoms with van der Waals surface area (Å²) in [5, 5.41) is 7.46. The van der Waals surface area contributed by atoms with Crippen molar-refractivity contribution < 1.29 is 9.59 Å². The minimum absolute atomic E-state index is 0.256. The van der Waals surface area contributed by atoms with E-state index in [-0.39, 0.29) is 11.8 Å². The van der Waals surface area contributed by atoms with E-state index in [1.54, 1.807) is 12.1 Å². The highest BCUT2D eigenvalue weighted by atomic mass is 32.1. The van der Waals surface area contributed by atoms with E-state index in [9.17, 15) is 9.59 Å². The number of amides is 2. The maximum absolute atomic E-state index is 12.8. The predicted molar refractivity (Wildman–Crippen MR) is 103 cm³/mol. The van der Waals surface area contributed by atoms with Gasteiger partial charge in [-0.2, -0.15) is 0 Å². The van der Waals surface area contributed by atoms with Crippen LogP contribution in [0, 0.1) is 6.92 Å². The van der Waals surface area contributed by atoms with Gasteiger partial charge in [-0.15, -0.1) is 11.3 Å². The highest BCUT2D eigenvalue weighted by molar-refractivity contribution is 7.12. The number of benzene rings is 1. The van der Waals surface area contributed by atoms with E-state index in [0.29, 0.717) is 17.1 Å². The van der Waals surface area contributed by atoms with E-state index >= 15 is 0 Å². The molecule has 132 valence electrons. The quantitative estimate of drug-likeness (QED) is 0.703. The monoisotopic (exact) mass is 365 g/mol. The number of nitrogens with zero attached hydrogens (tertiary/aromatic N) is 1. The first kappa shape index (κ1) is 17.8. The van der Waals surface area contributed by atoms with Gasteiger partial charge in [-0.3, -0.25) is 9.59 Å².